The number of benzene rings is 1. The molecule has 0 saturated heterocycles. The van der Waals surface area contributed by atoms with E-state index >= 15 is 0 Å². The Kier molecular flexibility index (Phi) is 2.65. The van der Waals surface area contributed by atoms with Gasteiger partial charge in [0, 0.05) is 5.56 Å². The molecule has 0 radical (unpaired) electrons. The van der Waals surface area contributed by atoms with Gasteiger partial charge in [-0.1, -0.05) is 23.8 Å². The van der Waals surface area contributed by atoms with Crippen LogP contribution < -0.4 is 0 Å². The van der Waals surface area contributed by atoms with Crippen LogP contribution in [0, 0.1) is 20.8 Å². The Hall–Kier alpha value is -1.83. The molecular formula is C14H14O2. The lowest BCUT2D eigenvalue weighted by molar-refractivity contribution is 0.101. The molecule has 0 aliphatic heterocycles. The van der Waals surface area contributed by atoms with Crippen LogP contribution in [-0.4, -0.2) is 5.78 Å². The number of furan rings is 1. The number of carbonyl (C=O) groups excluding carboxylic acids is 1. The molecule has 2 nitrogen and oxygen atoms in total. The molecule has 0 atom stereocenters. The highest BCUT2D eigenvalue weighted by molar-refractivity contribution is 6.08. The van der Waals surface area contributed by atoms with Crippen LogP contribution in [-0.2, 0) is 0 Å². The molecule has 0 fully saturated rings. The van der Waals surface area contributed by atoms with Crippen molar-refractivity contribution in [2.75, 3.05) is 0 Å². The maximum atomic E-state index is 12.1. The third-order valence-corrected chi connectivity index (χ3v) is 2.59. The first-order valence-corrected chi connectivity index (χ1v) is 5.26. The third-order valence-electron chi connectivity index (χ3n) is 2.59. The van der Waals surface area contributed by atoms with Gasteiger partial charge in [0.25, 0.3) is 0 Å². The Morgan fingerprint density at radius 3 is 2.38 bits per heavy atom. The topological polar surface area (TPSA) is 30.2 Å². The SMILES string of the molecule is Cc1ccc(C(=O)c2ccc(C)o2)c(C)c1. The first-order chi connectivity index (χ1) is 7.58. The van der Waals surface area contributed by atoms with Gasteiger partial charge in [-0.3, -0.25) is 4.79 Å². The Bertz CT molecular complexity index is 535. The molecule has 0 spiro atoms. The zero-order valence-corrected chi connectivity index (χ0v) is 9.70. The van der Waals surface area contributed by atoms with Crippen molar-refractivity contribution in [2.45, 2.75) is 20.8 Å². The fourth-order valence-corrected chi connectivity index (χ4v) is 1.76. The molecule has 0 bridgehead atoms. The molecule has 0 N–H and O–H groups in total. The summed E-state index contributed by atoms with van der Waals surface area (Å²) in [5.74, 6) is 1.11. The van der Waals surface area contributed by atoms with Gasteiger partial charge < -0.3 is 4.42 Å². The van der Waals surface area contributed by atoms with E-state index in [1.54, 1.807) is 12.1 Å². The van der Waals surface area contributed by atoms with Gasteiger partial charge >= 0.3 is 0 Å². The van der Waals surface area contributed by atoms with Crippen LogP contribution >= 0.6 is 0 Å². The predicted molar refractivity (Wildman–Crippen MR) is 62.8 cm³/mol. The fourth-order valence-electron chi connectivity index (χ4n) is 1.76. The zero-order valence-electron chi connectivity index (χ0n) is 9.70. The van der Waals surface area contributed by atoms with E-state index in [4.69, 9.17) is 4.42 Å². The summed E-state index contributed by atoms with van der Waals surface area (Å²) in [6.07, 6.45) is 0. The summed E-state index contributed by atoms with van der Waals surface area (Å²) in [5.41, 5.74) is 2.85. The van der Waals surface area contributed by atoms with Crippen molar-refractivity contribution in [1.82, 2.24) is 0 Å². The number of carbonyl (C=O) groups is 1. The van der Waals surface area contributed by atoms with Crippen molar-refractivity contribution in [3.05, 3.63) is 58.5 Å². The highest BCUT2D eigenvalue weighted by Crippen LogP contribution is 2.17. The first kappa shape index (κ1) is 10.7. The summed E-state index contributed by atoms with van der Waals surface area (Å²) in [6, 6.07) is 9.32. The van der Waals surface area contributed by atoms with Crippen LogP contribution in [0.2, 0.25) is 0 Å². The minimum Gasteiger partial charge on any atom is -0.458 e. The normalized spacial score (nSPS) is 10.4. The molecule has 0 aliphatic rings. The van der Waals surface area contributed by atoms with Crippen molar-refractivity contribution in [3.8, 4) is 0 Å². The van der Waals surface area contributed by atoms with E-state index in [1.165, 1.54) is 0 Å². The van der Waals surface area contributed by atoms with Crippen LogP contribution in [0.1, 0.15) is 33.0 Å². The average molecular weight is 214 g/mol. The van der Waals surface area contributed by atoms with Gasteiger partial charge in [-0.25, -0.2) is 0 Å². The second-order valence-corrected chi connectivity index (χ2v) is 4.06. The van der Waals surface area contributed by atoms with Gasteiger partial charge in [-0.15, -0.1) is 0 Å². The number of hydrogen-bond acceptors (Lipinski definition) is 2. The molecular weight excluding hydrogens is 200 g/mol. The summed E-state index contributed by atoms with van der Waals surface area (Å²) in [5, 5.41) is 0. The molecule has 0 amide bonds. The van der Waals surface area contributed by atoms with Crippen LogP contribution in [0.5, 0.6) is 0 Å². The molecule has 16 heavy (non-hydrogen) atoms. The summed E-state index contributed by atoms with van der Waals surface area (Å²) in [7, 11) is 0. The minimum atomic E-state index is -0.0504. The first-order valence-electron chi connectivity index (χ1n) is 5.26. The predicted octanol–water partition coefficient (Wildman–Crippen LogP) is 3.44. The van der Waals surface area contributed by atoms with Gasteiger partial charge in [0.1, 0.15) is 5.76 Å². The van der Waals surface area contributed by atoms with Crippen LogP contribution in [0.3, 0.4) is 0 Å². The Morgan fingerprint density at radius 2 is 1.81 bits per heavy atom. The molecule has 2 aromatic rings. The van der Waals surface area contributed by atoms with Crippen molar-refractivity contribution in [1.29, 1.82) is 0 Å². The van der Waals surface area contributed by atoms with Crippen molar-refractivity contribution < 1.29 is 9.21 Å². The summed E-state index contributed by atoms with van der Waals surface area (Å²) >= 11 is 0. The Morgan fingerprint density at radius 1 is 1.06 bits per heavy atom. The third kappa shape index (κ3) is 1.91. The Labute approximate surface area is 94.9 Å². The van der Waals surface area contributed by atoms with Crippen molar-refractivity contribution in [3.63, 3.8) is 0 Å². The van der Waals surface area contributed by atoms with Crippen molar-refractivity contribution in [2.24, 2.45) is 0 Å². The summed E-state index contributed by atoms with van der Waals surface area (Å²) in [4.78, 5) is 12.1. The standard InChI is InChI=1S/C14H14O2/c1-9-4-6-12(10(2)8-9)14(15)13-7-5-11(3)16-13/h4-8H,1-3H3. The van der Waals surface area contributed by atoms with Crippen molar-refractivity contribution >= 4 is 5.78 Å². The zero-order chi connectivity index (χ0) is 11.7. The molecule has 1 aromatic heterocycles. The number of rotatable bonds is 2. The lowest BCUT2D eigenvalue weighted by atomic mass is 10.0. The van der Waals surface area contributed by atoms with E-state index in [0.29, 0.717) is 11.3 Å². The highest BCUT2D eigenvalue weighted by Gasteiger charge is 2.14. The summed E-state index contributed by atoms with van der Waals surface area (Å²) in [6.45, 7) is 5.78. The van der Waals surface area contributed by atoms with Gasteiger partial charge in [0.15, 0.2) is 5.76 Å². The maximum Gasteiger partial charge on any atom is 0.228 e. The van der Waals surface area contributed by atoms with Gasteiger partial charge in [0.2, 0.25) is 5.78 Å². The second kappa shape index (κ2) is 3.97. The lowest BCUT2D eigenvalue weighted by Gasteiger charge is -2.03. The quantitative estimate of drug-likeness (QED) is 0.717. The van der Waals surface area contributed by atoms with E-state index < -0.39 is 0 Å². The van der Waals surface area contributed by atoms with E-state index in [1.807, 2.05) is 39.0 Å². The minimum absolute atomic E-state index is 0.0504. The van der Waals surface area contributed by atoms with Crippen LogP contribution in [0.25, 0.3) is 0 Å². The smallest absolute Gasteiger partial charge is 0.228 e. The molecule has 1 aromatic carbocycles. The fraction of sp³-hybridized carbons (Fsp3) is 0.214. The van der Waals surface area contributed by atoms with Crippen LogP contribution in [0.4, 0.5) is 0 Å². The molecule has 82 valence electrons. The van der Waals surface area contributed by atoms with E-state index in [0.717, 1.165) is 16.9 Å². The van der Waals surface area contributed by atoms with Gasteiger partial charge in [0.05, 0.1) is 0 Å². The molecule has 1 heterocycles. The molecule has 2 rings (SSSR count). The van der Waals surface area contributed by atoms with Crippen LogP contribution in [0.15, 0.2) is 34.7 Å². The number of hydrogen-bond donors (Lipinski definition) is 0. The molecule has 0 saturated carbocycles. The lowest BCUT2D eigenvalue weighted by Crippen LogP contribution is -2.02. The highest BCUT2D eigenvalue weighted by atomic mass is 16.3. The molecule has 0 aliphatic carbocycles. The Balaban J connectivity index is 2.41. The monoisotopic (exact) mass is 214 g/mol. The largest absolute Gasteiger partial charge is 0.458 e. The maximum absolute atomic E-state index is 12.1. The van der Waals surface area contributed by atoms with E-state index in [2.05, 4.69) is 0 Å². The number of ketones is 1. The summed E-state index contributed by atoms with van der Waals surface area (Å²) < 4.78 is 5.34. The molecule has 2 heteroatoms. The van der Waals surface area contributed by atoms with Gasteiger partial charge in [-0.2, -0.15) is 0 Å². The average Bonchev–Trinajstić information content (AvgIpc) is 2.64. The van der Waals surface area contributed by atoms with E-state index in [9.17, 15) is 4.79 Å². The van der Waals surface area contributed by atoms with E-state index in [-0.39, 0.29) is 5.78 Å². The second-order valence-electron chi connectivity index (χ2n) is 4.06. The number of aryl methyl sites for hydroxylation is 3. The van der Waals surface area contributed by atoms with Gasteiger partial charge in [-0.05, 0) is 38.5 Å². The molecule has 0 unspecified atom stereocenters.